The van der Waals surface area contributed by atoms with E-state index in [-0.39, 0.29) is 18.2 Å². The Balaban J connectivity index is 0. The van der Waals surface area contributed by atoms with Crippen molar-refractivity contribution in [1.29, 1.82) is 0 Å². The van der Waals surface area contributed by atoms with E-state index in [4.69, 9.17) is 5.73 Å². The summed E-state index contributed by atoms with van der Waals surface area (Å²) in [5.41, 5.74) is 5.47. The van der Waals surface area contributed by atoms with Gasteiger partial charge in [-0.15, -0.1) is 12.4 Å². The van der Waals surface area contributed by atoms with Crippen LogP contribution in [0.3, 0.4) is 0 Å². The van der Waals surface area contributed by atoms with Crippen molar-refractivity contribution in [2.45, 2.75) is 19.4 Å². The minimum absolute atomic E-state index is 0. The smallest absolute Gasteiger partial charge is 0.208 e. The Kier molecular flexibility index (Phi) is 9.01. The SMILES string of the molecule is CCS(N)(=O)=O.Cl.NC1CCNC1. The Morgan fingerprint density at radius 2 is 2.00 bits per heavy atom. The van der Waals surface area contributed by atoms with Crippen LogP contribution in [0, 0.1) is 0 Å². The molecule has 0 saturated carbocycles. The first-order valence-corrected chi connectivity index (χ1v) is 5.64. The van der Waals surface area contributed by atoms with E-state index in [0.29, 0.717) is 6.04 Å². The number of primary sulfonamides is 1. The molecule has 0 amide bonds. The summed E-state index contributed by atoms with van der Waals surface area (Å²) in [6, 6.07) is 0.435. The van der Waals surface area contributed by atoms with Crippen LogP contribution in [0.1, 0.15) is 13.3 Å². The average molecular weight is 232 g/mol. The average Bonchev–Trinajstić information content (AvgIpc) is 2.39. The summed E-state index contributed by atoms with van der Waals surface area (Å²) in [6.45, 7) is 3.62. The Hall–Kier alpha value is 0.120. The number of nitrogens with one attached hydrogen (secondary N) is 1. The van der Waals surface area contributed by atoms with Gasteiger partial charge in [-0.25, -0.2) is 13.6 Å². The van der Waals surface area contributed by atoms with Gasteiger partial charge in [-0.2, -0.15) is 0 Å². The van der Waals surface area contributed by atoms with Crippen LogP contribution in [0.25, 0.3) is 0 Å². The minimum atomic E-state index is -3.16. The summed E-state index contributed by atoms with van der Waals surface area (Å²) >= 11 is 0. The molecule has 1 unspecified atom stereocenters. The first-order chi connectivity index (χ1) is 5.45. The molecule has 0 bridgehead atoms. The van der Waals surface area contributed by atoms with E-state index in [9.17, 15) is 8.42 Å². The van der Waals surface area contributed by atoms with Gasteiger partial charge in [0.25, 0.3) is 0 Å². The summed E-state index contributed by atoms with van der Waals surface area (Å²) in [5.74, 6) is 0.0208. The second-order valence-electron chi connectivity index (χ2n) is 2.70. The van der Waals surface area contributed by atoms with E-state index in [2.05, 4.69) is 10.5 Å². The van der Waals surface area contributed by atoms with Crippen molar-refractivity contribution in [3.63, 3.8) is 0 Å². The predicted molar refractivity (Wildman–Crippen MR) is 56.4 cm³/mol. The lowest BCUT2D eigenvalue weighted by Crippen LogP contribution is -2.21. The van der Waals surface area contributed by atoms with E-state index in [1.807, 2.05) is 0 Å². The van der Waals surface area contributed by atoms with Crippen LogP contribution >= 0.6 is 12.4 Å². The van der Waals surface area contributed by atoms with Gasteiger partial charge >= 0.3 is 0 Å². The molecule has 0 aromatic heterocycles. The van der Waals surface area contributed by atoms with Crippen molar-refractivity contribution in [1.82, 2.24) is 5.32 Å². The van der Waals surface area contributed by atoms with Gasteiger partial charge in [0.05, 0.1) is 5.75 Å². The quantitative estimate of drug-likeness (QED) is 0.541. The third kappa shape index (κ3) is 12.1. The Morgan fingerprint density at radius 1 is 1.54 bits per heavy atom. The lowest BCUT2D eigenvalue weighted by atomic mass is 10.3. The fourth-order valence-corrected chi connectivity index (χ4v) is 0.677. The molecule has 0 aliphatic carbocycles. The highest BCUT2D eigenvalue weighted by Crippen LogP contribution is 1.90. The summed E-state index contributed by atoms with van der Waals surface area (Å²) in [6.07, 6.45) is 1.15. The van der Waals surface area contributed by atoms with Gasteiger partial charge in [-0.05, 0) is 19.9 Å². The molecule has 0 aromatic rings. The van der Waals surface area contributed by atoms with Gasteiger partial charge in [-0.3, -0.25) is 0 Å². The van der Waals surface area contributed by atoms with Gasteiger partial charge in [-0.1, -0.05) is 0 Å². The van der Waals surface area contributed by atoms with Crippen molar-refractivity contribution in [3.05, 3.63) is 0 Å². The fourth-order valence-electron chi connectivity index (χ4n) is 0.677. The standard InChI is InChI=1S/C4H10N2.C2H7NO2S.ClH/c5-4-1-2-6-3-4;1-2-6(3,4)5;/h4,6H,1-3,5H2;2H2,1H3,(H2,3,4,5);1H. The van der Waals surface area contributed by atoms with E-state index in [1.165, 1.54) is 6.92 Å². The number of sulfonamides is 1. The first-order valence-electron chi connectivity index (χ1n) is 3.92. The van der Waals surface area contributed by atoms with Gasteiger partial charge < -0.3 is 11.1 Å². The van der Waals surface area contributed by atoms with Crippen molar-refractivity contribution >= 4 is 22.4 Å². The largest absolute Gasteiger partial charge is 0.327 e. The zero-order chi connectivity index (χ0) is 9.61. The molecule has 1 fully saturated rings. The third-order valence-corrected chi connectivity index (χ3v) is 2.31. The van der Waals surface area contributed by atoms with Crippen LogP contribution in [-0.4, -0.2) is 33.3 Å². The maximum absolute atomic E-state index is 9.78. The van der Waals surface area contributed by atoms with Gasteiger partial charge in [0, 0.05) is 12.6 Å². The van der Waals surface area contributed by atoms with Crippen molar-refractivity contribution in [2.24, 2.45) is 10.9 Å². The topological polar surface area (TPSA) is 98.2 Å². The van der Waals surface area contributed by atoms with Crippen LogP contribution in [0.15, 0.2) is 0 Å². The highest BCUT2D eigenvalue weighted by Gasteiger charge is 2.06. The molecule has 0 spiro atoms. The summed E-state index contributed by atoms with van der Waals surface area (Å²) in [5, 5.41) is 7.65. The number of hydrogen-bond acceptors (Lipinski definition) is 4. The number of nitrogens with two attached hydrogens (primary N) is 2. The summed E-state index contributed by atoms with van der Waals surface area (Å²) < 4.78 is 19.6. The second-order valence-corrected chi connectivity index (χ2v) is 4.61. The van der Waals surface area contributed by atoms with Gasteiger partial charge in [0.1, 0.15) is 0 Å². The van der Waals surface area contributed by atoms with Crippen molar-refractivity contribution in [2.75, 3.05) is 18.8 Å². The molecule has 0 aromatic carbocycles. The Morgan fingerprint density at radius 3 is 2.08 bits per heavy atom. The maximum atomic E-state index is 9.78. The zero-order valence-electron chi connectivity index (χ0n) is 7.69. The van der Waals surface area contributed by atoms with Crippen LogP contribution in [0.4, 0.5) is 0 Å². The van der Waals surface area contributed by atoms with Crippen molar-refractivity contribution in [3.8, 4) is 0 Å². The molecule has 1 heterocycles. The van der Waals surface area contributed by atoms with Crippen LogP contribution < -0.4 is 16.2 Å². The molecule has 1 rings (SSSR count). The number of rotatable bonds is 1. The second kappa shape index (κ2) is 7.52. The van der Waals surface area contributed by atoms with Crippen LogP contribution in [0.2, 0.25) is 0 Å². The molecule has 1 atom stereocenters. The highest BCUT2D eigenvalue weighted by atomic mass is 35.5. The minimum Gasteiger partial charge on any atom is -0.327 e. The molecule has 1 aliphatic heterocycles. The number of hydrogen-bond donors (Lipinski definition) is 3. The Labute approximate surface area is 85.7 Å². The predicted octanol–water partition coefficient (Wildman–Crippen LogP) is -0.976. The fraction of sp³-hybridized carbons (Fsp3) is 1.00. The number of halogens is 1. The molecule has 13 heavy (non-hydrogen) atoms. The molecular weight excluding hydrogens is 214 g/mol. The monoisotopic (exact) mass is 231 g/mol. The molecule has 7 heteroatoms. The lowest BCUT2D eigenvalue weighted by molar-refractivity contribution is 0.599. The van der Waals surface area contributed by atoms with E-state index >= 15 is 0 Å². The van der Waals surface area contributed by atoms with E-state index in [1.54, 1.807) is 0 Å². The molecule has 5 N–H and O–H groups in total. The Bertz CT molecular complexity index is 202. The molecule has 1 aliphatic rings. The summed E-state index contributed by atoms with van der Waals surface area (Å²) in [4.78, 5) is 0. The summed E-state index contributed by atoms with van der Waals surface area (Å²) in [7, 11) is -3.16. The molecule has 0 radical (unpaired) electrons. The third-order valence-electron chi connectivity index (χ3n) is 1.50. The molecule has 1 saturated heterocycles. The first kappa shape index (κ1) is 15.6. The molecule has 5 nitrogen and oxygen atoms in total. The lowest BCUT2D eigenvalue weighted by Gasteiger charge is -1.91. The van der Waals surface area contributed by atoms with E-state index in [0.717, 1.165) is 19.5 Å². The normalized spacial score (nSPS) is 21.3. The molecule has 82 valence electrons. The highest BCUT2D eigenvalue weighted by molar-refractivity contribution is 7.89. The van der Waals surface area contributed by atoms with Gasteiger partial charge in [0.15, 0.2) is 0 Å². The van der Waals surface area contributed by atoms with E-state index < -0.39 is 10.0 Å². The van der Waals surface area contributed by atoms with Crippen molar-refractivity contribution < 1.29 is 8.42 Å². The van der Waals surface area contributed by atoms with Crippen LogP contribution in [0.5, 0.6) is 0 Å². The zero-order valence-corrected chi connectivity index (χ0v) is 9.33. The van der Waals surface area contributed by atoms with Gasteiger partial charge in [0.2, 0.25) is 10.0 Å². The molecular formula is C6H18ClN3O2S. The van der Waals surface area contributed by atoms with Crippen LogP contribution in [-0.2, 0) is 10.0 Å². The maximum Gasteiger partial charge on any atom is 0.208 e.